The van der Waals surface area contributed by atoms with Crippen molar-refractivity contribution in [3.63, 3.8) is 0 Å². The van der Waals surface area contributed by atoms with Gasteiger partial charge in [-0.15, -0.1) is 0 Å². The smallest absolute Gasteiger partial charge is 0.332 e. The van der Waals surface area contributed by atoms with Gasteiger partial charge < -0.3 is 15.5 Å². The van der Waals surface area contributed by atoms with Gasteiger partial charge in [-0.05, 0) is 12.1 Å². The molecule has 0 unspecified atom stereocenters. The number of anilines is 1. The number of ketones is 1. The maximum Gasteiger partial charge on any atom is 0.332 e. The number of para-hydroxylation sites is 1. The molecular weight excluding hydrogens is 394 g/mol. The molecule has 0 atom stereocenters. The highest BCUT2D eigenvalue weighted by molar-refractivity contribution is 6.01. The fourth-order valence-corrected chi connectivity index (χ4v) is 2.89. The molecule has 0 saturated heterocycles. The average molecular weight is 413 g/mol. The minimum Gasteiger partial charge on any atom is -0.457 e. The van der Waals surface area contributed by atoms with Crippen molar-refractivity contribution in [2.75, 3.05) is 12.3 Å². The number of carbonyl (C=O) groups excluding carboxylic acids is 2. The predicted molar refractivity (Wildman–Crippen MR) is 107 cm³/mol. The SMILES string of the molecule is Cn1c(N)c(C(=O)COC(=O)CCc2nc3ccccc3c(=O)[nH]2)c(=O)n(C)c1=O. The van der Waals surface area contributed by atoms with Crippen LogP contribution in [0.1, 0.15) is 22.6 Å². The van der Waals surface area contributed by atoms with Crippen LogP contribution in [-0.2, 0) is 30.0 Å². The lowest BCUT2D eigenvalue weighted by Crippen LogP contribution is -2.42. The van der Waals surface area contributed by atoms with Gasteiger partial charge in [0.15, 0.2) is 6.61 Å². The fraction of sp³-hybridized carbons (Fsp3) is 0.263. The summed E-state index contributed by atoms with van der Waals surface area (Å²) >= 11 is 0. The zero-order chi connectivity index (χ0) is 22.0. The summed E-state index contributed by atoms with van der Waals surface area (Å²) in [4.78, 5) is 67.2. The number of aromatic nitrogens is 4. The van der Waals surface area contributed by atoms with Crippen molar-refractivity contribution in [2.45, 2.75) is 12.8 Å². The molecule has 0 bridgehead atoms. The standard InChI is InChI=1S/C19H19N5O6/c1-23-16(20)15(18(28)24(2)19(23)29)12(25)9-30-14(26)8-7-13-21-11-6-4-3-5-10(11)17(27)22-13/h3-6H,7-9,20H2,1-2H3,(H,21,22,27). The van der Waals surface area contributed by atoms with E-state index in [1.54, 1.807) is 24.3 Å². The van der Waals surface area contributed by atoms with Crippen LogP contribution in [0.5, 0.6) is 0 Å². The topological polar surface area (TPSA) is 159 Å². The summed E-state index contributed by atoms with van der Waals surface area (Å²) in [5.74, 6) is -1.55. The second kappa shape index (κ2) is 8.15. The molecule has 3 rings (SSSR count). The Morgan fingerprint density at radius 1 is 1.13 bits per heavy atom. The normalized spacial score (nSPS) is 10.9. The van der Waals surface area contributed by atoms with Gasteiger partial charge in [-0.3, -0.25) is 28.3 Å². The molecule has 2 aromatic heterocycles. The second-order valence-corrected chi connectivity index (χ2v) is 6.58. The molecule has 3 N–H and O–H groups in total. The van der Waals surface area contributed by atoms with Gasteiger partial charge in [0.1, 0.15) is 17.2 Å². The number of hydrogen-bond donors (Lipinski definition) is 2. The number of esters is 1. The van der Waals surface area contributed by atoms with Crippen LogP contribution in [-0.4, -0.2) is 37.5 Å². The highest BCUT2D eigenvalue weighted by Crippen LogP contribution is 2.08. The molecule has 0 radical (unpaired) electrons. The number of aryl methyl sites for hydroxylation is 1. The van der Waals surface area contributed by atoms with E-state index in [0.29, 0.717) is 16.7 Å². The number of aromatic amines is 1. The van der Waals surface area contributed by atoms with Crippen LogP contribution in [0, 0.1) is 0 Å². The van der Waals surface area contributed by atoms with E-state index in [9.17, 15) is 24.0 Å². The lowest BCUT2D eigenvalue weighted by Gasteiger charge is -2.11. The molecule has 0 amide bonds. The number of benzene rings is 1. The molecular formula is C19H19N5O6. The first-order chi connectivity index (χ1) is 14.2. The molecule has 0 saturated carbocycles. The fourth-order valence-electron chi connectivity index (χ4n) is 2.89. The van der Waals surface area contributed by atoms with Gasteiger partial charge >= 0.3 is 11.7 Å². The summed E-state index contributed by atoms with van der Waals surface area (Å²) in [6.45, 7) is -0.710. The third-order valence-corrected chi connectivity index (χ3v) is 4.58. The van der Waals surface area contributed by atoms with Gasteiger partial charge in [-0.25, -0.2) is 9.78 Å². The average Bonchev–Trinajstić information content (AvgIpc) is 2.73. The van der Waals surface area contributed by atoms with E-state index >= 15 is 0 Å². The molecule has 0 aliphatic rings. The summed E-state index contributed by atoms with van der Waals surface area (Å²) in [6, 6.07) is 6.79. The molecule has 11 heteroatoms. The van der Waals surface area contributed by atoms with Gasteiger partial charge in [-0.1, -0.05) is 12.1 Å². The molecule has 0 spiro atoms. The maximum absolute atomic E-state index is 12.3. The first kappa shape index (κ1) is 20.7. The van der Waals surface area contributed by atoms with Crippen LogP contribution < -0.4 is 22.5 Å². The van der Waals surface area contributed by atoms with E-state index in [4.69, 9.17) is 10.5 Å². The summed E-state index contributed by atoms with van der Waals surface area (Å²) in [5, 5.41) is 0.436. The van der Waals surface area contributed by atoms with Crippen LogP contribution in [0.15, 0.2) is 38.6 Å². The Bertz CT molecular complexity index is 1330. The van der Waals surface area contributed by atoms with Crippen molar-refractivity contribution in [2.24, 2.45) is 14.1 Å². The van der Waals surface area contributed by atoms with Crippen LogP contribution in [0.25, 0.3) is 10.9 Å². The number of nitrogens with two attached hydrogens (primary N) is 1. The van der Waals surface area contributed by atoms with Crippen molar-refractivity contribution in [1.29, 1.82) is 0 Å². The van der Waals surface area contributed by atoms with E-state index < -0.39 is 35.2 Å². The highest BCUT2D eigenvalue weighted by atomic mass is 16.5. The molecule has 1 aromatic carbocycles. The van der Waals surface area contributed by atoms with Crippen LogP contribution in [0.2, 0.25) is 0 Å². The van der Waals surface area contributed by atoms with Gasteiger partial charge in [0.05, 0.1) is 17.3 Å². The maximum atomic E-state index is 12.3. The number of ether oxygens (including phenoxy) is 1. The Balaban J connectivity index is 1.66. The zero-order valence-corrected chi connectivity index (χ0v) is 16.3. The number of fused-ring (bicyclic) bond motifs is 1. The van der Waals surface area contributed by atoms with Gasteiger partial charge in [0.2, 0.25) is 5.78 Å². The largest absolute Gasteiger partial charge is 0.457 e. The van der Waals surface area contributed by atoms with Gasteiger partial charge in [0.25, 0.3) is 11.1 Å². The van der Waals surface area contributed by atoms with Crippen LogP contribution in [0.3, 0.4) is 0 Å². The number of hydrogen-bond acceptors (Lipinski definition) is 8. The third kappa shape index (κ3) is 3.90. The van der Waals surface area contributed by atoms with E-state index in [1.807, 2.05) is 0 Å². The molecule has 11 nitrogen and oxygen atoms in total. The molecule has 0 fully saturated rings. The lowest BCUT2D eigenvalue weighted by molar-refractivity contribution is -0.142. The quantitative estimate of drug-likeness (QED) is 0.395. The molecule has 2 heterocycles. The van der Waals surface area contributed by atoms with Crippen LogP contribution in [0.4, 0.5) is 5.82 Å². The number of nitrogen functional groups attached to an aromatic ring is 1. The predicted octanol–water partition coefficient (Wildman–Crippen LogP) is -0.739. The van der Waals surface area contributed by atoms with Crippen molar-refractivity contribution in [3.8, 4) is 0 Å². The first-order valence-electron chi connectivity index (χ1n) is 8.93. The van der Waals surface area contributed by atoms with E-state index in [-0.39, 0.29) is 24.2 Å². The Kier molecular flexibility index (Phi) is 5.63. The Morgan fingerprint density at radius 2 is 1.83 bits per heavy atom. The number of H-pyrrole nitrogens is 1. The lowest BCUT2D eigenvalue weighted by atomic mass is 10.2. The monoisotopic (exact) mass is 413 g/mol. The third-order valence-electron chi connectivity index (χ3n) is 4.58. The van der Waals surface area contributed by atoms with Crippen molar-refractivity contribution in [1.82, 2.24) is 19.1 Å². The van der Waals surface area contributed by atoms with E-state index in [2.05, 4.69) is 9.97 Å². The molecule has 30 heavy (non-hydrogen) atoms. The number of rotatable bonds is 6. The molecule has 0 aliphatic heterocycles. The summed E-state index contributed by atoms with van der Waals surface area (Å²) in [7, 11) is 2.53. The Hall–Kier alpha value is -4.02. The highest BCUT2D eigenvalue weighted by Gasteiger charge is 2.21. The molecule has 3 aromatic rings. The van der Waals surface area contributed by atoms with Crippen LogP contribution >= 0.6 is 0 Å². The Morgan fingerprint density at radius 3 is 2.57 bits per heavy atom. The minimum atomic E-state index is -0.866. The first-order valence-corrected chi connectivity index (χ1v) is 8.93. The molecule has 156 valence electrons. The van der Waals surface area contributed by atoms with Crippen molar-refractivity contribution in [3.05, 3.63) is 66.8 Å². The zero-order valence-electron chi connectivity index (χ0n) is 16.3. The van der Waals surface area contributed by atoms with E-state index in [1.165, 1.54) is 14.1 Å². The summed E-state index contributed by atoms with van der Waals surface area (Å²) < 4.78 is 6.62. The van der Waals surface area contributed by atoms with Crippen molar-refractivity contribution >= 4 is 28.5 Å². The Labute approximate surface area is 168 Å². The summed E-state index contributed by atoms with van der Waals surface area (Å²) in [6.07, 6.45) is -0.0494. The number of carbonyl (C=O) groups is 2. The number of nitrogens with zero attached hydrogens (tertiary/aromatic N) is 3. The molecule has 0 aliphatic carbocycles. The van der Waals surface area contributed by atoms with Crippen molar-refractivity contribution < 1.29 is 14.3 Å². The minimum absolute atomic E-state index is 0.0941. The second-order valence-electron chi connectivity index (χ2n) is 6.58. The van der Waals surface area contributed by atoms with Gasteiger partial charge in [0, 0.05) is 20.5 Å². The summed E-state index contributed by atoms with van der Waals surface area (Å²) in [5.41, 5.74) is 3.92. The number of Topliss-reactive ketones (excluding diaryl/α,β-unsaturated/α-hetero) is 1. The van der Waals surface area contributed by atoms with E-state index in [0.717, 1.165) is 9.13 Å². The number of nitrogens with one attached hydrogen (secondary N) is 1. The van der Waals surface area contributed by atoms with Gasteiger partial charge in [-0.2, -0.15) is 0 Å².